The standard InChI is InChI=1S/C19H28FN3O2S/c1-3-21-19(22-11-14-26-17-7-5-16(20)6-8-17)23-12-9-15(10-13-23)18(24)25-4-2/h5-8,15H,3-4,9-14H2,1-2H3,(H,21,22). The van der Waals surface area contributed by atoms with E-state index in [1.807, 2.05) is 13.8 Å². The Kier molecular flexibility index (Phi) is 8.74. The fraction of sp³-hybridized carbons (Fsp3) is 0.579. The van der Waals surface area contributed by atoms with E-state index in [1.165, 1.54) is 12.1 Å². The van der Waals surface area contributed by atoms with Crippen LogP contribution >= 0.6 is 11.8 Å². The first-order valence-electron chi connectivity index (χ1n) is 9.22. The van der Waals surface area contributed by atoms with E-state index >= 15 is 0 Å². The molecule has 0 spiro atoms. The lowest BCUT2D eigenvalue weighted by Crippen LogP contribution is -2.46. The Morgan fingerprint density at radius 1 is 1.31 bits per heavy atom. The first kappa shape index (κ1) is 20.6. The molecule has 5 nitrogen and oxygen atoms in total. The van der Waals surface area contributed by atoms with Crippen molar-refractivity contribution >= 4 is 23.7 Å². The second-order valence-electron chi connectivity index (χ2n) is 6.05. The van der Waals surface area contributed by atoms with Gasteiger partial charge in [-0.05, 0) is 51.0 Å². The number of likely N-dealkylation sites (tertiary alicyclic amines) is 1. The Bertz CT molecular complexity index is 587. The molecule has 0 bridgehead atoms. The van der Waals surface area contributed by atoms with Gasteiger partial charge in [0.25, 0.3) is 0 Å². The number of esters is 1. The second kappa shape index (κ2) is 11.1. The van der Waals surface area contributed by atoms with Crippen LogP contribution < -0.4 is 5.32 Å². The molecule has 2 rings (SSSR count). The van der Waals surface area contributed by atoms with Crippen LogP contribution in [0.15, 0.2) is 34.2 Å². The van der Waals surface area contributed by atoms with Gasteiger partial charge in [0.15, 0.2) is 5.96 Å². The predicted molar refractivity (Wildman–Crippen MR) is 104 cm³/mol. The topological polar surface area (TPSA) is 53.9 Å². The molecular weight excluding hydrogens is 353 g/mol. The third-order valence-corrected chi connectivity index (χ3v) is 5.18. The molecular formula is C19H28FN3O2S. The van der Waals surface area contributed by atoms with Crippen LogP contribution in [-0.4, -0.2) is 55.4 Å². The highest BCUT2D eigenvalue weighted by Gasteiger charge is 2.27. The number of piperidine rings is 1. The zero-order valence-electron chi connectivity index (χ0n) is 15.5. The highest BCUT2D eigenvalue weighted by atomic mass is 32.2. The number of thioether (sulfide) groups is 1. The lowest BCUT2D eigenvalue weighted by Gasteiger charge is -2.33. The Morgan fingerprint density at radius 2 is 2.00 bits per heavy atom. The highest BCUT2D eigenvalue weighted by molar-refractivity contribution is 7.99. The Labute approximate surface area is 159 Å². The molecule has 1 heterocycles. The Balaban J connectivity index is 1.81. The van der Waals surface area contributed by atoms with E-state index in [4.69, 9.17) is 9.73 Å². The number of carbonyl (C=O) groups excluding carboxylic acids is 1. The molecule has 1 N–H and O–H groups in total. The number of hydrogen-bond donors (Lipinski definition) is 1. The van der Waals surface area contributed by atoms with E-state index in [0.717, 1.165) is 49.1 Å². The molecule has 144 valence electrons. The van der Waals surface area contributed by atoms with Gasteiger partial charge < -0.3 is 15.0 Å². The van der Waals surface area contributed by atoms with Crippen LogP contribution in [0.4, 0.5) is 4.39 Å². The number of nitrogens with one attached hydrogen (secondary N) is 1. The summed E-state index contributed by atoms with van der Waals surface area (Å²) >= 11 is 1.66. The van der Waals surface area contributed by atoms with Crippen molar-refractivity contribution in [2.45, 2.75) is 31.6 Å². The lowest BCUT2D eigenvalue weighted by molar-refractivity contribution is -0.149. The average Bonchev–Trinajstić information content (AvgIpc) is 2.66. The minimum absolute atomic E-state index is 0.00288. The maximum Gasteiger partial charge on any atom is 0.309 e. The van der Waals surface area contributed by atoms with E-state index in [1.54, 1.807) is 23.9 Å². The number of benzene rings is 1. The third-order valence-electron chi connectivity index (χ3n) is 4.18. The number of hydrogen-bond acceptors (Lipinski definition) is 4. The molecule has 0 atom stereocenters. The normalized spacial score (nSPS) is 15.8. The monoisotopic (exact) mass is 381 g/mol. The summed E-state index contributed by atoms with van der Waals surface area (Å²) in [5.41, 5.74) is 0. The average molecular weight is 382 g/mol. The van der Waals surface area contributed by atoms with Crippen molar-refractivity contribution in [1.82, 2.24) is 10.2 Å². The molecule has 1 fully saturated rings. The molecule has 26 heavy (non-hydrogen) atoms. The SMILES string of the molecule is CCNC(=NCCSc1ccc(F)cc1)N1CCC(C(=O)OCC)CC1. The number of ether oxygens (including phenoxy) is 1. The summed E-state index contributed by atoms with van der Waals surface area (Å²) in [6.07, 6.45) is 1.60. The summed E-state index contributed by atoms with van der Waals surface area (Å²) in [6.45, 7) is 7.43. The molecule has 1 aromatic rings. The van der Waals surface area contributed by atoms with Crippen molar-refractivity contribution < 1.29 is 13.9 Å². The summed E-state index contributed by atoms with van der Waals surface area (Å²) in [4.78, 5) is 19.8. The lowest BCUT2D eigenvalue weighted by atomic mass is 9.97. The van der Waals surface area contributed by atoms with Crippen LogP contribution in [0.5, 0.6) is 0 Å². The summed E-state index contributed by atoms with van der Waals surface area (Å²) in [5, 5.41) is 3.33. The van der Waals surface area contributed by atoms with Crippen LogP contribution in [0, 0.1) is 11.7 Å². The fourth-order valence-electron chi connectivity index (χ4n) is 2.86. The number of halogens is 1. The largest absolute Gasteiger partial charge is 0.466 e. The van der Waals surface area contributed by atoms with Crippen LogP contribution in [0.25, 0.3) is 0 Å². The van der Waals surface area contributed by atoms with Crippen molar-refractivity contribution in [2.24, 2.45) is 10.9 Å². The minimum Gasteiger partial charge on any atom is -0.466 e. The fourth-order valence-corrected chi connectivity index (χ4v) is 3.61. The molecule has 7 heteroatoms. The highest BCUT2D eigenvalue weighted by Crippen LogP contribution is 2.20. The number of aliphatic imine (C=N–C) groups is 1. The zero-order chi connectivity index (χ0) is 18.8. The number of nitrogens with zero attached hydrogens (tertiary/aromatic N) is 2. The summed E-state index contributed by atoms with van der Waals surface area (Å²) in [7, 11) is 0. The minimum atomic E-state index is -0.215. The summed E-state index contributed by atoms with van der Waals surface area (Å²) < 4.78 is 18.0. The second-order valence-corrected chi connectivity index (χ2v) is 7.22. The molecule has 1 aliphatic heterocycles. The van der Waals surface area contributed by atoms with Gasteiger partial charge in [-0.1, -0.05) is 0 Å². The van der Waals surface area contributed by atoms with E-state index in [-0.39, 0.29) is 17.7 Å². The number of rotatable bonds is 7. The molecule has 0 aromatic heterocycles. The molecule has 1 saturated heterocycles. The van der Waals surface area contributed by atoms with Crippen LogP contribution in [0.3, 0.4) is 0 Å². The first-order valence-corrected chi connectivity index (χ1v) is 10.2. The van der Waals surface area contributed by atoms with Gasteiger partial charge in [-0.15, -0.1) is 11.8 Å². The van der Waals surface area contributed by atoms with Crippen LogP contribution in [0.2, 0.25) is 0 Å². The van der Waals surface area contributed by atoms with Crippen LogP contribution in [-0.2, 0) is 9.53 Å². The van der Waals surface area contributed by atoms with Gasteiger partial charge in [0.05, 0.1) is 19.1 Å². The summed E-state index contributed by atoms with van der Waals surface area (Å²) in [6, 6.07) is 6.52. The van der Waals surface area contributed by atoms with E-state index < -0.39 is 0 Å². The maximum atomic E-state index is 12.9. The predicted octanol–water partition coefficient (Wildman–Crippen LogP) is 3.16. The molecule has 0 unspecified atom stereocenters. The number of carbonyl (C=O) groups is 1. The van der Waals surface area contributed by atoms with Gasteiger partial charge in [-0.2, -0.15) is 0 Å². The van der Waals surface area contributed by atoms with E-state index in [0.29, 0.717) is 13.2 Å². The first-order chi connectivity index (χ1) is 12.6. The van der Waals surface area contributed by atoms with Gasteiger partial charge in [0.1, 0.15) is 5.82 Å². The summed E-state index contributed by atoms with van der Waals surface area (Å²) in [5.74, 6) is 1.44. The van der Waals surface area contributed by atoms with Crippen molar-refractivity contribution in [3.05, 3.63) is 30.1 Å². The third kappa shape index (κ3) is 6.52. The molecule has 0 saturated carbocycles. The number of guanidine groups is 1. The van der Waals surface area contributed by atoms with Gasteiger partial charge in [0, 0.05) is 30.3 Å². The zero-order valence-corrected chi connectivity index (χ0v) is 16.4. The molecule has 0 amide bonds. The molecule has 0 aliphatic carbocycles. The van der Waals surface area contributed by atoms with Gasteiger partial charge >= 0.3 is 5.97 Å². The van der Waals surface area contributed by atoms with Crippen molar-refractivity contribution in [3.63, 3.8) is 0 Å². The maximum absolute atomic E-state index is 12.9. The Hall–Kier alpha value is -1.76. The van der Waals surface area contributed by atoms with Gasteiger partial charge in [-0.3, -0.25) is 9.79 Å². The van der Waals surface area contributed by atoms with E-state index in [9.17, 15) is 9.18 Å². The van der Waals surface area contributed by atoms with Gasteiger partial charge in [0.2, 0.25) is 0 Å². The van der Waals surface area contributed by atoms with Crippen LogP contribution in [0.1, 0.15) is 26.7 Å². The smallest absolute Gasteiger partial charge is 0.309 e. The molecule has 1 aromatic carbocycles. The van der Waals surface area contributed by atoms with Crippen molar-refractivity contribution in [1.29, 1.82) is 0 Å². The molecule has 1 aliphatic rings. The van der Waals surface area contributed by atoms with Crippen molar-refractivity contribution in [3.8, 4) is 0 Å². The van der Waals surface area contributed by atoms with Gasteiger partial charge in [-0.25, -0.2) is 4.39 Å². The van der Waals surface area contributed by atoms with E-state index in [2.05, 4.69) is 10.2 Å². The van der Waals surface area contributed by atoms with Crippen molar-refractivity contribution in [2.75, 3.05) is 38.5 Å². The quantitative estimate of drug-likeness (QED) is 0.259. The molecule has 0 radical (unpaired) electrons. The Morgan fingerprint density at radius 3 is 2.62 bits per heavy atom.